The van der Waals surface area contributed by atoms with Crippen molar-refractivity contribution in [1.82, 2.24) is 5.01 Å². The van der Waals surface area contributed by atoms with E-state index in [-0.39, 0.29) is 25.6 Å². The number of carboxylic acids is 1. The predicted molar refractivity (Wildman–Crippen MR) is 56.7 cm³/mol. The summed E-state index contributed by atoms with van der Waals surface area (Å²) in [6.45, 7) is 1.84. The summed E-state index contributed by atoms with van der Waals surface area (Å²) < 4.78 is 4.57. The van der Waals surface area contributed by atoms with E-state index in [0.29, 0.717) is 13.0 Å². The first-order chi connectivity index (χ1) is 8.06. The molecule has 0 bridgehead atoms. The highest BCUT2D eigenvalue weighted by molar-refractivity contribution is 5.68. The third kappa shape index (κ3) is 10.4. The standard InChI is InChI=1S/C9H17N3O5/c1-3-9(15)16-7-17-11-10-12(2)6-4-5-8(13)14/h3-7H2,1-2H3,(H,13,14)/b11-10-. The van der Waals surface area contributed by atoms with E-state index in [1.54, 1.807) is 14.0 Å². The van der Waals surface area contributed by atoms with Crippen LogP contribution >= 0.6 is 0 Å². The van der Waals surface area contributed by atoms with Crippen molar-refractivity contribution in [3.05, 3.63) is 0 Å². The van der Waals surface area contributed by atoms with Crippen LogP contribution in [0.25, 0.3) is 0 Å². The Kier molecular flexibility index (Phi) is 8.35. The SMILES string of the molecule is CCC(=O)OCO/N=N\N(C)CCCC(=O)O. The molecule has 8 heteroatoms. The molecule has 0 aromatic carbocycles. The average molecular weight is 247 g/mol. The number of rotatable bonds is 9. The predicted octanol–water partition coefficient (Wildman–Crippen LogP) is 0.993. The molecule has 1 N–H and O–H groups in total. The summed E-state index contributed by atoms with van der Waals surface area (Å²) in [6.07, 6.45) is 0.820. The van der Waals surface area contributed by atoms with Crippen LogP contribution in [0.1, 0.15) is 26.2 Å². The number of nitrogens with zero attached hydrogens (tertiary/aromatic N) is 3. The number of carboxylic acid groups (broad SMARTS) is 1. The van der Waals surface area contributed by atoms with Crippen LogP contribution in [0.2, 0.25) is 0 Å². The van der Waals surface area contributed by atoms with Crippen LogP contribution in [-0.2, 0) is 19.2 Å². The van der Waals surface area contributed by atoms with Crippen molar-refractivity contribution in [2.75, 3.05) is 20.4 Å². The lowest BCUT2D eigenvalue weighted by Gasteiger charge is -2.09. The Hall–Kier alpha value is -1.86. The largest absolute Gasteiger partial charge is 0.481 e. The molecule has 0 unspecified atom stereocenters. The van der Waals surface area contributed by atoms with Crippen molar-refractivity contribution in [3.8, 4) is 0 Å². The van der Waals surface area contributed by atoms with Crippen LogP contribution in [-0.4, -0.2) is 42.4 Å². The van der Waals surface area contributed by atoms with Crippen LogP contribution in [0.15, 0.2) is 10.5 Å². The van der Waals surface area contributed by atoms with E-state index >= 15 is 0 Å². The Labute approximate surface area is 99.1 Å². The fourth-order valence-corrected chi connectivity index (χ4v) is 0.810. The van der Waals surface area contributed by atoms with Gasteiger partial charge in [-0.25, -0.2) is 0 Å². The quantitative estimate of drug-likeness (QED) is 0.214. The number of aliphatic carboxylic acids is 1. The zero-order valence-electron chi connectivity index (χ0n) is 9.96. The second kappa shape index (κ2) is 9.37. The lowest BCUT2D eigenvalue weighted by Crippen LogP contribution is -2.13. The molecule has 0 amide bonds. The van der Waals surface area contributed by atoms with Gasteiger partial charge in [0.1, 0.15) is 0 Å². The molecule has 0 spiro atoms. The van der Waals surface area contributed by atoms with Gasteiger partial charge in [-0.3, -0.25) is 14.6 Å². The Bertz CT molecular complexity index is 269. The van der Waals surface area contributed by atoms with Crippen LogP contribution in [0.3, 0.4) is 0 Å². The summed E-state index contributed by atoms with van der Waals surface area (Å²) in [5.41, 5.74) is 0. The van der Waals surface area contributed by atoms with Crippen molar-refractivity contribution in [1.29, 1.82) is 0 Å². The smallest absolute Gasteiger partial charge is 0.308 e. The second-order valence-electron chi connectivity index (χ2n) is 3.17. The van der Waals surface area contributed by atoms with Crippen molar-refractivity contribution in [2.45, 2.75) is 26.2 Å². The molecule has 0 aromatic rings. The molecule has 8 nitrogen and oxygen atoms in total. The molecular formula is C9H17N3O5. The van der Waals surface area contributed by atoms with Gasteiger partial charge in [0.05, 0.1) is 0 Å². The maximum Gasteiger partial charge on any atom is 0.308 e. The van der Waals surface area contributed by atoms with Gasteiger partial charge in [0.25, 0.3) is 6.79 Å². The fraction of sp³-hybridized carbons (Fsp3) is 0.778. The molecule has 0 atom stereocenters. The van der Waals surface area contributed by atoms with E-state index in [1.165, 1.54) is 5.01 Å². The van der Waals surface area contributed by atoms with Gasteiger partial charge in [-0.1, -0.05) is 6.92 Å². The van der Waals surface area contributed by atoms with Crippen molar-refractivity contribution in [2.24, 2.45) is 10.5 Å². The molecule has 17 heavy (non-hydrogen) atoms. The summed E-state index contributed by atoms with van der Waals surface area (Å²) in [5, 5.41) is 16.7. The van der Waals surface area contributed by atoms with E-state index in [9.17, 15) is 9.59 Å². The Morgan fingerprint density at radius 2 is 2.12 bits per heavy atom. The maximum atomic E-state index is 10.7. The highest BCUT2D eigenvalue weighted by atomic mass is 16.8. The molecule has 0 aromatic heterocycles. The normalized spacial score (nSPS) is 10.2. The monoisotopic (exact) mass is 247 g/mol. The first-order valence-corrected chi connectivity index (χ1v) is 5.17. The van der Waals surface area contributed by atoms with Crippen molar-refractivity contribution >= 4 is 11.9 Å². The number of esters is 1. The van der Waals surface area contributed by atoms with Crippen molar-refractivity contribution < 1.29 is 24.3 Å². The third-order valence-electron chi connectivity index (χ3n) is 1.68. The zero-order chi connectivity index (χ0) is 13.1. The highest BCUT2D eigenvalue weighted by Gasteiger charge is 1.99. The molecule has 0 radical (unpaired) electrons. The number of hydrogen-bond acceptors (Lipinski definition) is 6. The topological polar surface area (TPSA) is 101 Å². The summed E-state index contributed by atoms with van der Waals surface area (Å²) in [7, 11) is 1.63. The number of carbonyl (C=O) groups is 2. The third-order valence-corrected chi connectivity index (χ3v) is 1.68. The summed E-state index contributed by atoms with van der Waals surface area (Å²) in [5.74, 6) is -1.23. The minimum atomic E-state index is -0.849. The molecule has 0 heterocycles. The van der Waals surface area contributed by atoms with Gasteiger partial charge in [0.2, 0.25) is 0 Å². The van der Waals surface area contributed by atoms with Crippen LogP contribution < -0.4 is 0 Å². The molecule has 0 fully saturated rings. The minimum Gasteiger partial charge on any atom is -0.481 e. The second-order valence-corrected chi connectivity index (χ2v) is 3.17. The Morgan fingerprint density at radius 1 is 1.41 bits per heavy atom. The number of ether oxygens (including phenoxy) is 1. The summed E-state index contributed by atoms with van der Waals surface area (Å²) in [4.78, 5) is 25.5. The number of hydrogen-bond donors (Lipinski definition) is 1. The van der Waals surface area contributed by atoms with Crippen molar-refractivity contribution in [3.63, 3.8) is 0 Å². The van der Waals surface area contributed by atoms with Gasteiger partial charge < -0.3 is 14.7 Å². The van der Waals surface area contributed by atoms with E-state index in [2.05, 4.69) is 20.1 Å². The first-order valence-electron chi connectivity index (χ1n) is 5.17. The summed E-state index contributed by atoms with van der Waals surface area (Å²) >= 11 is 0. The molecule has 0 saturated carbocycles. The fourth-order valence-electron chi connectivity index (χ4n) is 0.810. The van der Waals surface area contributed by atoms with Gasteiger partial charge in [0.15, 0.2) is 0 Å². The molecular weight excluding hydrogens is 230 g/mol. The highest BCUT2D eigenvalue weighted by Crippen LogP contribution is 1.95. The van der Waals surface area contributed by atoms with Crippen LogP contribution in [0, 0.1) is 0 Å². The molecule has 98 valence electrons. The lowest BCUT2D eigenvalue weighted by molar-refractivity contribution is -0.157. The van der Waals surface area contributed by atoms with Gasteiger partial charge in [0, 0.05) is 31.7 Å². The average Bonchev–Trinajstić information content (AvgIpc) is 2.27. The maximum absolute atomic E-state index is 10.7. The molecule has 0 aliphatic heterocycles. The van der Waals surface area contributed by atoms with Crippen LogP contribution in [0.5, 0.6) is 0 Å². The van der Waals surface area contributed by atoms with Crippen LogP contribution in [0.4, 0.5) is 0 Å². The minimum absolute atomic E-state index is 0.0782. The van der Waals surface area contributed by atoms with Gasteiger partial charge in [-0.15, -0.1) is 0 Å². The van der Waals surface area contributed by atoms with E-state index in [1.807, 2.05) is 0 Å². The molecule has 0 aliphatic rings. The van der Waals surface area contributed by atoms with E-state index < -0.39 is 5.97 Å². The first kappa shape index (κ1) is 15.1. The van der Waals surface area contributed by atoms with E-state index in [4.69, 9.17) is 5.11 Å². The van der Waals surface area contributed by atoms with Gasteiger partial charge in [-0.2, -0.15) is 0 Å². The number of carbonyl (C=O) groups excluding carboxylic acids is 1. The van der Waals surface area contributed by atoms with E-state index in [0.717, 1.165) is 0 Å². The molecule has 0 rings (SSSR count). The van der Waals surface area contributed by atoms with Gasteiger partial charge in [-0.05, 0) is 11.6 Å². The molecule has 0 saturated heterocycles. The lowest BCUT2D eigenvalue weighted by atomic mass is 10.3. The summed E-state index contributed by atoms with van der Waals surface area (Å²) in [6, 6.07) is 0. The zero-order valence-corrected chi connectivity index (χ0v) is 9.96. The molecule has 0 aliphatic carbocycles. The Morgan fingerprint density at radius 3 is 2.71 bits per heavy atom. The van der Waals surface area contributed by atoms with Gasteiger partial charge >= 0.3 is 11.9 Å². The Balaban J connectivity index is 3.49.